The summed E-state index contributed by atoms with van der Waals surface area (Å²) in [5.74, 6) is 1.31. The van der Waals surface area contributed by atoms with Gasteiger partial charge in [-0.15, -0.1) is 0 Å². The van der Waals surface area contributed by atoms with E-state index in [0.29, 0.717) is 5.92 Å². The normalized spacial score (nSPS) is 12.6. The number of rotatable bonds is 4. The first-order valence-corrected chi connectivity index (χ1v) is 6.17. The Bertz CT molecular complexity index is 514. The fourth-order valence-electron chi connectivity index (χ4n) is 1.87. The molecule has 0 N–H and O–H groups in total. The topological polar surface area (TPSA) is 9.23 Å². The van der Waals surface area contributed by atoms with Gasteiger partial charge in [0.15, 0.2) is 0 Å². The molecule has 0 amide bonds. The van der Waals surface area contributed by atoms with Crippen LogP contribution in [0.25, 0.3) is 6.08 Å². The van der Waals surface area contributed by atoms with Gasteiger partial charge in [0, 0.05) is 0 Å². The molecule has 0 aromatic heterocycles. The fourth-order valence-corrected chi connectivity index (χ4v) is 1.87. The van der Waals surface area contributed by atoms with Gasteiger partial charge in [0.25, 0.3) is 0 Å². The van der Waals surface area contributed by atoms with Crippen LogP contribution in [-0.4, -0.2) is 7.11 Å². The molecule has 2 rings (SSSR count). The first-order chi connectivity index (χ1) is 8.79. The molecule has 0 radical (unpaired) electrons. The van der Waals surface area contributed by atoms with Gasteiger partial charge in [-0.1, -0.05) is 61.5 Å². The fraction of sp³-hybridized carbons (Fsp3) is 0.176. The SMILES string of the molecule is COc1cccc(C=CC(C)c2ccccc2)c1. The van der Waals surface area contributed by atoms with E-state index in [1.807, 2.05) is 24.3 Å². The zero-order chi connectivity index (χ0) is 12.8. The molecule has 2 aromatic carbocycles. The lowest BCUT2D eigenvalue weighted by atomic mass is 10.00. The Balaban J connectivity index is 2.10. The second-order valence-electron chi connectivity index (χ2n) is 4.34. The summed E-state index contributed by atoms with van der Waals surface area (Å²) in [4.78, 5) is 0. The van der Waals surface area contributed by atoms with Gasteiger partial charge in [0.1, 0.15) is 5.75 Å². The molecule has 0 aliphatic heterocycles. The van der Waals surface area contributed by atoms with Crippen molar-refractivity contribution >= 4 is 6.08 Å². The van der Waals surface area contributed by atoms with Crippen LogP contribution in [0.1, 0.15) is 24.0 Å². The van der Waals surface area contributed by atoms with Crippen LogP contribution < -0.4 is 4.74 Å². The van der Waals surface area contributed by atoms with E-state index in [4.69, 9.17) is 4.74 Å². The van der Waals surface area contributed by atoms with E-state index in [-0.39, 0.29) is 0 Å². The van der Waals surface area contributed by atoms with Crippen molar-refractivity contribution in [2.24, 2.45) is 0 Å². The maximum atomic E-state index is 5.21. The quantitative estimate of drug-likeness (QED) is 0.761. The summed E-state index contributed by atoms with van der Waals surface area (Å²) in [5.41, 5.74) is 2.49. The lowest BCUT2D eigenvalue weighted by Gasteiger charge is -2.06. The number of ether oxygens (including phenoxy) is 1. The highest BCUT2D eigenvalue weighted by molar-refractivity contribution is 5.53. The number of methoxy groups -OCH3 is 1. The Hall–Kier alpha value is -2.02. The van der Waals surface area contributed by atoms with Crippen molar-refractivity contribution in [2.75, 3.05) is 7.11 Å². The van der Waals surface area contributed by atoms with Crippen LogP contribution in [0, 0.1) is 0 Å². The standard InChI is InChI=1S/C17H18O/c1-14(16-8-4-3-5-9-16)11-12-15-7-6-10-17(13-15)18-2/h3-14H,1-2H3. The monoisotopic (exact) mass is 238 g/mol. The molecule has 0 bridgehead atoms. The Kier molecular flexibility index (Phi) is 4.19. The molecular weight excluding hydrogens is 220 g/mol. The van der Waals surface area contributed by atoms with E-state index >= 15 is 0 Å². The molecule has 1 heteroatoms. The second-order valence-corrected chi connectivity index (χ2v) is 4.34. The lowest BCUT2D eigenvalue weighted by molar-refractivity contribution is 0.414. The molecule has 0 spiro atoms. The van der Waals surface area contributed by atoms with Crippen molar-refractivity contribution in [1.82, 2.24) is 0 Å². The summed E-state index contributed by atoms with van der Waals surface area (Å²) in [5, 5.41) is 0. The van der Waals surface area contributed by atoms with Gasteiger partial charge in [0.2, 0.25) is 0 Å². The average Bonchev–Trinajstić information content (AvgIpc) is 2.46. The van der Waals surface area contributed by atoms with Crippen molar-refractivity contribution in [1.29, 1.82) is 0 Å². The molecule has 1 nitrogen and oxygen atoms in total. The summed E-state index contributed by atoms with van der Waals surface area (Å²) < 4.78 is 5.21. The Morgan fingerprint density at radius 2 is 1.78 bits per heavy atom. The number of benzene rings is 2. The highest BCUT2D eigenvalue weighted by atomic mass is 16.5. The molecule has 0 aliphatic carbocycles. The van der Waals surface area contributed by atoms with E-state index in [1.54, 1.807) is 7.11 Å². The summed E-state index contributed by atoms with van der Waals surface area (Å²) >= 11 is 0. The summed E-state index contributed by atoms with van der Waals surface area (Å²) in [6.07, 6.45) is 4.35. The molecular formula is C17H18O. The van der Waals surface area contributed by atoms with Crippen molar-refractivity contribution in [3.63, 3.8) is 0 Å². The third-order valence-corrected chi connectivity index (χ3v) is 3.00. The molecule has 2 aromatic rings. The van der Waals surface area contributed by atoms with E-state index < -0.39 is 0 Å². The van der Waals surface area contributed by atoms with Crippen LogP contribution >= 0.6 is 0 Å². The lowest BCUT2D eigenvalue weighted by Crippen LogP contribution is -1.88. The minimum Gasteiger partial charge on any atom is -0.497 e. The molecule has 92 valence electrons. The zero-order valence-corrected chi connectivity index (χ0v) is 10.8. The predicted octanol–water partition coefficient (Wildman–Crippen LogP) is 4.51. The van der Waals surface area contributed by atoms with Crippen molar-refractivity contribution in [3.8, 4) is 5.75 Å². The van der Waals surface area contributed by atoms with Gasteiger partial charge in [-0.3, -0.25) is 0 Å². The molecule has 0 heterocycles. The van der Waals surface area contributed by atoms with Gasteiger partial charge < -0.3 is 4.74 Å². The molecule has 1 atom stereocenters. The smallest absolute Gasteiger partial charge is 0.119 e. The number of hydrogen-bond acceptors (Lipinski definition) is 1. The van der Waals surface area contributed by atoms with E-state index in [2.05, 4.69) is 49.4 Å². The van der Waals surface area contributed by atoms with Crippen LogP contribution in [0.3, 0.4) is 0 Å². The Morgan fingerprint density at radius 1 is 1.00 bits per heavy atom. The highest BCUT2D eigenvalue weighted by Gasteiger charge is 1.99. The van der Waals surface area contributed by atoms with Crippen LogP contribution in [0.2, 0.25) is 0 Å². The van der Waals surface area contributed by atoms with Gasteiger partial charge in [0.05, 0.1) is 7.11 Å². The van der Waals surface area contributed by atoms with E-state index in [1.165, 1.54) is 5.56 Å². The maximum absolute atomic E-state index is 5.21. The second kappa shape index (κ2) is 6.06. The molecule has 18 heavy (non-hydrogen) atoms. The first-order valence-electron chi connectivity index (χ1n) is 6.17. The molecule has 0 fully saturated rings. The van der Waals surface area contributed by atoms with Gasteiger partial charge in [-0.2, -0.15) is 0 Å². The highest BCUT2D eigenvalue weighted by Crippen LogP contribution is 2.19. The average molecular weight is 238 g/mol. The van der Waals surface area contributed by atoms with E-state index in [9.17, 15) is 0 Å². The van der Waals surface area contributed by atoms with Crippen molar-refractivity contribution in [2.45, 2.75) is 12.8 Å². The van der Waals surface area contributed by atoms with Crippen LogP contribution in [-0.2, 0) is 0 Å². The first kappa shape index (κ1) is 12.4. The summed E-state index contributed by atoms with van der Waals surface area (Å²) in [6.45, 7) is 2.20. The Labute approximate surface area is 109 Å². The van der Waals surface area contributed by atoms with Gasteiger partial charge in [-0.25, -0.2) is 0 Å². The van der Waals surface area contributed by atoms with Crippen LogP contribution in [0.5, 0.6) is 5.75 Å². The molecule has 0 saturated carbocycles. The molecule has 0 aliphatic rings. The molecule has 1 unspecified atom stereocenters. The van der Waals surface area contributed by atoms with Gasteiger partial charge >= 0.3 is 0 Å². The minimum atomic E-state index is 0.414. The van der Waals surface area contributed by atoms with E-state index in [0.717, 1.165) is 11.3 Å². The largest absolute Gasteiger partial charge is 0.497 e. The third-order valence-electron chi connectivity index (χ3n) is 3.00. The summed E-state index contributed by atoms with van der Waals surface area (Å²) in [6, 6.07) is 18.6. The van der Waals surface area contributed by atoms with Crippen molar-refractivity contribution < 1.29 is 4.74 Å². The Morgan fingerprint density at radius 3 is 2.50 bits per heavy atom. The van der Waals surface area contributed by atoms with Crippen LogP contribution in [0.15, 0.2) is 60.7 Å². The number of allylic oxidation sites excluding steroid dienone is 1. The third kappa shape index (κ3) is 3.24. The minimum absolute atomic E-state index is 0.414. The molecule has 0 saturated heterocycles. The number of hydrogen-bond donors (Lipinski definition) is 0. The van der Waals surface area contributed by atoms with Crippen LogP contribution in [0.4, 0.5) is 0 Å². The zero-order valence-electron chi connectivity index (χ0n) is 10.8. The van der Waals surface area contributed by atoms with Gasteiger partial charge in [-0.05, 0) is 29.2 Å². The summed E-state index contributed by atoms with van der Waals surface area (Å²) in [7, 11) is 1.69. The van der Waals surface area contributed by atoms with Crippen molar-refractivity contribution in [3.05, 3.63) is 71.8 Å². The predicted molar refractivity (Wildman–Crippen MR) is 76.9 cm³/mol. The maximum Gasteiger partial charge on any atom is 0.119 e.